The average molecular weight is 220 g/mol. The van der Waals surface area contributed by atoms with Gasteiger partial charge in [0.2, 0.25) is 0 Å². The molecule has 2 aromatic rings. The second-order valence-electron chi connectivity index (χ2n) is 3.80. The van der Waals surface area contributed by atoms with Gasteiger partial charge >= 0.3 is 0 Å². The van der Waals surface area contributed by atoms with Crippen molar-refractivity contribution in [3.05, 3.63) is 39.1 Å². The Morgan fingerprint density at radius 1 is 1.44 bits per heavy atom. The number of aromatic nitrogens is 1. The molecule has 0 unspecified atom stereocenters. The Morgan fingerprint density at radius 3 is 2.69 bits per heavy atom. The summed E-state index contributed by atoms with van der Waals surface area (Å²) in [6, 6.07) is 3.50. The molecule has 0 spiro atoms. The second kappa shape index (κ2) is 3.61. The van der Waals surface area contributed by atoms with Crippen molar-refractivity contribution in [2.75, 3.05) is 0 Å². The van der Waals surface area contributed by atoms with E-state index in [4.69, 9.17) is 5.11 Å². The van der Waals surface area contributed by atoms with Crippen molar-refractivity contribution in [2.24, 2.45) is 0 Å². The molecule has 1 aromatic carbocycles. The maximum atomic E-state index is 11.0. The van der Waals surface area contributed by atoms with Gasteiger partial charge in [-0.15, -0.1) is 0 Å². The van der Waals surface area contributed by atoms with E-state index in [2.05, 4.69) is 4.98 Å². The van der Waals surface area contributed by atoms with Crippen LogP contribution >= 0.6 is 0 Å². The Hall–Kier alpha value is -1.88. The number of rotatable bonds is 2. The molecule has 0 amide bonds. The number of aliphatic hydroxyl groups is 1. The molecule has 0 aliphatic rings. The third-order valence-electron chi connectivity index (χ3n) is 2.83. The molecule has 0 aliphatic heterocycles. The number of nitro groups is 1. The quantitative estimate of drug-likeness (QED) is 0.601. The van der Waals surface area contributed by atoms with E-state index in [0.717, 1.165) is 5.56 Å². The minimum Gasteiger partial charge on any atom is -0.390 e. The second-order valence-corrected chi connectivity index (χ2v) is 3.80. The number of hydrogen-bond donors (Lipinski definition) is 2. The number of fused-ring (bicyclic) bond motifs is 1. The summed E-state index contributed by atoms with van der Waals surface area (Å²) in [6.45, 7) is 3.34. The van der Waals surface area contributed by atoms with Crippen LogP contribution in [0.2, 0.25) is 0 Å². The van der Waals surface area contributed by atoms with Crippen LogP contribution in [0.15, 0.2) is 12.1 Å². The van der Waals surface area contributed by atoms with Gasteiger partial charge in [0.05, 0.1) is 22.4 Å². The van der Waals surface area contributed by atoms with Gasteiger partial charge in [0.25, 0.3) is 5.69 Å². The molecule has 0 radical (unpaired) electrons. The standard InChI is InChI=1S/C11H12N2O3/c1-6-3-4-8-10(11(6)13(15)16)7(2)9(5-14)12-8/h3-4,12,14H,5H2,1-2H3. The molecule has 0 saturated carbocycles. The number of benzene rings is 1. The molecular formula is C11H12N2O3. The van der Waals surface area contributed by atoms with Gasteiger partial charge in [0.1, 0.15) is 0 Å². The van der Waals surface area contributed by atoms with Gasteiger partial charge in [-0.3, -0.25) is 10.1 Å². The summed E-state index contributed by atoms with van der Waals surface area (Å²) in [4.78, 5) is 13.6. The summed E-state index contributed by atoms with van der Waals surface area (Å²) >= 11 is 0. The molecule has 0 fully saturated rings. The van der Waals surface area contributed by atoms with Crippen LogP contribution in [0, 0.1) is 24.0 Å². The zero-order valence-corrected chi connectivity index (χ0v) is 9.07. The molecule has 0 aliphatic carbocycles. The lowest BCUT2D eigenvalue weighted by molar-refractivity contribution is -0.383. The molecule has 1 heterocycles. The van der Waals surface area contributed by atoms with Crippen molar-refractivity contribution in [2.45, 2.75) is 20.5 Å². The van der Waals surface area contributed by atoms with E-state index in [1.165, 1.54) is 0 Å². The number of aromatic amines is 1. The predicted molar refractivity (Wildman–Crippen MR) is 60.3 cm³/mol. The fourth-order valence-corrected chi connectivity index (χ4v) is 1.98. The van der Waals surface area contributed by atoms with E-state index >= 15 is 0 Å². The minimum atomic E-state index is -0.375. The van der Waals surface area contributed by atoms with E-state index in [0.29, 0.717) is 22.2 Å². The zero-order valence-electron chi connectivity index (χ0n) is 9.07. The van der Waals surface area contributed by atoms with E-state index in [1.807, 2.05) is 0 Å². The highest BCUT2D eigenvalue weighted by atomic mass is 16.6. The summed E-state index contributed by atoms with van der Waals surface area (Å²) in [5.74, 6) is 0. The highest BCUT2D eigenvalue weighted by molar-refractivity contribution is 5.94. The fourth-order valence-electron chi connectivity index (χ4n) is 1.98. The van der Waals surface area contributed by atoms with Crippen LogP contribution < -0.4 is 0 Å². The van der Waals surface area contributed by atoms with Crippen LogP contribution in [0.3, 0.4) is 0 Å². The van der Waals surface area contributed by atoms with E-state index in [1.54, 1.807) is 26.0 Å². The highest BCUT2D eigenvalue weighted by Gasteiger charge is 2.20. The first-order chi connectivity index (χ1) is 7.56. The van der Waals surface area contributed by atoms with Crippen molar-refractivity contribution >= 4 is 16.6 Å². The van der Waals surface area contributed by atoms with Crippen LogP contribution in [0.4, 0.5) is 5.69 Å². The normalized spacial score (nSPS) is 10.9. The molecule has 5 heteroatoms. The molecule has 0 atom stereocenters. The van der Waals surface area contributed by atoms with Gasteiger partial charge in [-0.05, 0) is 25.5 Å². The average Bonchev–Trinajstić information content (AvgIpc) is 2.55. The van der Waals surface area contributed by atoms with E-state index in [-0.39, 0.29) is 17.2 Å². The molecule has 5 nitrogen and oxygen atoms in total. The lowest BCUT2D eigenvalue weighted by Gasteiger charge is -1.99. The SMILES string of the molecule is Cc1ccc2[nH]c(CO)c(C)c2c1[N+](=O)[O-]. The Morgan fingerprint density at radius 2 is 2.12 bits per heavy atom. The topological polar surface area (TPSA) is 79.2 Å². The van der Waals surface area contributed by atoms with Gasteiger partial charge in [0, 0.05) is 11.3 Å². The lowest BCUT2D eigenvalue weighted by atomic mass is 10.1. The summed E-state index contributed by atoms with van der Waals surface area (Å²) in [6.07, 6.45) is 0. The number of hydrogen-bond acceptors (Lipinski definition) is 3. The molecule has 16 heavy (non-hydrogen) atoms. The maximum Gasteiger partial charge on any atom is 0.281 e. The zero-order chi connectivity index (χ0) is 11.9. The van der Waals surface area contributed by atoms with Crippen LogP contribution in [0.25, 0.3) is 10.9 Å². The van der Waals surface area contributed by atoms with Crippen molar-refractivity contribution in [1.29, 1.82) is 0 Å². The largest absolute Gasteiger partial charge is 0.390 e. The summed E-state index contributed by atoms with van der Waals surface area (Å²) in [5.41, 5.74) is 2.81. The van der Waals surface area contributed by atoms with Gasteiger partial charge in [0.15, 0.2) is 0 Å². The minimum absolute atomic E-state index is 0.117. The lowest BCUT2D eigenvalue weighted by Crippen LogP contribution is -1.93. The fraction of sp³-hybridized carbons (Fsp3) is 0.273. The maximum absolute atomic E-state index is 11.0. The molecule has 0 bridgehead atoms. The smallest absolute Gasteiger partial charge is 0.281 e. The number of nitrogens with zero attached hydrogens (tertiary/aromatic N) is 1. The van der Waals surface area contributed by atoms with E-state index in [9.17, 15) is 10.1 Å². The molecule has 1 aromatic heterocycles. The van der Waals surface area contributed by atoms with Crippen LogP contribution in [0.1, 0.15) is 16.8 Å². The van der Waals surface area contributed by atoms with Crippen molar-refractivity contribution < 1.29 is 10.0 Å². The Balaban J connectivity index is 2.91. The van der Waals surface area contributed by atoms with Gasteiger partial charge < -0.3 is 10.1 Å². The Kier molecular flexibility index (Phi) is 2.40. The number of aryl methyl sites for hydroxylation is 2. The third-order valence-corrected chi connectivity index (χ3v) is 2.83. The number of H-pyrrole nitrogens is 1. The van der Waals surface area contributed by atoms with Crippen LogP contribution in [0.5, 0.6) is 0 Å². The highest BCUT2D eigenvalue weighted by Crippen LogP contribution is 2.33. The number of nitrogens with one attached hydrogen (secondary N) is 1. The summed E-state index contributed by atoms with van der Waals surface area (Å²) < 4.78 is 0. The molecular weight excluding hydrogens is 208 g/mol. The van der Waals surface area contributed by atoms with Crippen molar-refractivity contribution in [3.63, 3.8) is 0 Å². The first-order valence-electron chi connectivity index (χ1n) is 4.92. The first kappa shape index (κ1) is 10.6. The predicted octanol–water partition coefficient (Wildman–Crippen LogP) is 2.19. The Labute approximate surface area is 91.9 Å². The van der Waals surface area contributed by atoms with Gasteiger partial charge in [-0.2, -0.15) is 0 Å². The third kappa shape index (κ3) is 1.37. The summed E-state index contributed by atoms with van der Waals surface area (Å²) in [7, 11) is 0. The number of aliphatic hydroxyl groups excluding tert-OH is 1. The van der Waals surface area contributed by atoms with Gasteiger partial charge in [-0.25, -0.2) is 0 Å². The summed E-state index contributed by atoms with van der Waals surface area (Å²) in [5, 5.41) is 20.7. The number of nitro benzene ring substituents is 1. The van der Waals surface area contributed by atoms with Gasteiger partial charge in [-0.1, -0.05) is 6.07 Å². The molecule has 2 N–H and O–H groups in total. The first-order valence-corrected chi connectivity index (χ1v) is 4.92. The van der Waals surface area contributed by atoms with Crippen molar-refractivity contribution in [3.8, 4) is 0 Å². The molecule has 84 valence electrons. The molecule has 2 rings (SSSR count). The van der Waals surface area contributed by atoms with Crippen LogP contribution in [-0.4, -0.2) is 15.0 Å². The Bertz CT molecular complexity index is 572. The van der Waals surface area contributed by atoms with E-state index < -0.39 is 0 Å². The molecule has 0 saturated heterocycles. The van der Waals surface area contributed by atoms with Crippen molar-refractivity contribution in [1.82, 2.24) is 4.98 Å². The van der Waals surface area contributed by atoms with Crippen LogP contribution in [-0.2, 0) is 6.61 Å². The monoisotopic (exact) mass is 220 g/mol.